The van der Waals surface area contributed by atoms with Crippen LogP contribution in [-0.4, -0.2) is 29.9 Å². The van der Waals surface area contributed by atoms with Crippen LogP contribution in [0.15, 0.2) is 23.8 Å². The van der Waals surface area contributed by atoms with Crippen LogP contribution in [-0.2, 0) is 23.9 Å². The third-order valence-corrected chi connectivity index (χ3v) is 5.86. The summed E-state index contributed by atoms with van der Waals surface area (Å²) in [5.74, 6) is -2.05. The number of ketones is 1. The van der Waals surface area contributed by atoms with Crippen LogP contribution in [0.1, 0.15) is 90.9 Å². The molecule has 0 amide bonds. The Labute approximate surface area is 174 Å². The number of Topliss-reactive ketones (excluding diaryl/α,β-unsaturated/α-hetero) is 1. The number of rotatable bonds is 9. The number of carbonyl (C=O) groups is 3. The molecule has 0 bridgehead atoms. The second-order valence-corrected chi connectivity index (χ2v) is 8.45. The molecule has 29 heavy (non-hydrogen) atoms. The molecule has 0 radical (unpaired) electrons. The van der Waals surface area contributed by atoms with Gasteiger partial charge in [0.1, 0.15) is 12.2 Å². The standard InChI is InChI=1S/C24H36O5/c1-4-11-20(23(26)17(2)3)21(24(27)29-19-14-9-6-10-15-19)16-22(25)28-18-12-7-5-8-13-18/h16,18-20H,2,4-15H2,1,3H3/b21-16-. The van der Waals surface area contributed by atoms with Crippen molar-refractivity contribution in [2.24, 2.45) is 5.92 Å². The second kappa shape index (κ2) is 11.9. The molecule has 0 aromatic heterocycles. The zero-order chi connectivity index (χ0) is 21.2. The number of allylic oxidation sites excluding steroid dienone is 1. The van der Waals surface area contributed by atoms with E-state index in [4.69, 9.17) is 9.47 Å². The molecule has 0 saturated heterocycles. The van der Waals surface area contributed by atoms with Crippen molar-refractivity contribution in [1.82, 2.24) is 0 Å². The van der Waals surface area contributed by atoms with Gasteiger partial charge in [0.05, 0.1) is 11.5 Å². The lowest BCUT2D eigenvalue weighted by Crippen LogP contribution is -2.29. The Kier molecular flexibility index (Phi) is 9.62. The van der Waals surface area contributed by atoms with Gasteiger partial charge in [0.2, 0.25) is 0 Å². The number of carbonyl (C=O) groups excluding carboxylic acids is 3. The summed E-state index contributed by atoms with van der Waals surface area (Å²) < 4.78 is 11.3. The predicted molar refractivity (Wildman–Crippen MR) is 112 cm³/mol. The second-order valence-electron chi connectivity index (χ2n) is 8.45. The Morgan fingerprint density at radius 2 is 1.45 bits per heavy atom. The highest BCUT2D eigenvalue weighted by atomic mass is 16.5. The molecule has 0 spiro atoms. The summed E-state index contributed by atoms with van der Waals surface area (Å²) in [7, 11) is 0. The van der Waals surface area contributed by atoms with Gasteiger partial charge in [0.15, 0.2) is 5.78 Å². The highest BCUT2D eigenvalue weighted by molar-refractivity contribution is 6.06. The van der Waals surface area contributed by atoms with Crippen LogP contribution in [0.2, 0.25) is 0 Å². The van der Waals surface area contributed by atoms with Crippen LogP contribution in [0.5, 0.6) is 0 Å². The molecule has 5 heteroatoms. The molecule has 1 atom stereocenters. The molecular formula is C24H36O5. The first-order chi connectivity index (χ1) is 13.9. The lowest BCUT2D eigenvalue weighted by atomic mass is 9.87. The lowest BCUT2D eigenvalue weighted by Gasteiger charge is -2.25. The molecule has 2 rings (SSSR count). The molecule has 0 aliphatic heterocycles. The summed E-state index contributed by atoms with van der Waals surface area (Å²) in [4.78, 5) is 38.3. The Bertz CT molecular complexity index is 621. The van der Waals surface area contributed by atoms with Gasteiger partial charge in [-0.3, -0.25) is 4.79 Å². The van der Waals surface area contributed by atoms with Gasteiger partial charge in [0, 0.05) is 6.08 Å². The van der Waals surface area contributed by atoms with E-state index in [2.05, 4.69) is 6.58 Å². The molecular weight excluding hydrogens is 368 g/mol. The quantitative estimate of drug-likeness (QED) is 0.389. The van der Waals surface area contributed by atoms with Crippen LogP contribution in [0, 0.1) is 5.92 Å². The van der Waals surface area contributed by atoms with Gasteiger partial charge in [-0.25, -0.2) is 9.59 Å². The summed E-state index contributed by atoms with van der Waals surface area (Å²) in [6, 6.07) is 0. The third-order valence-electron chi connectivity index (χ3n) is 5.86. The van der Waals surface area contributed by atoms with Gasteiger partial charge < -0.3 is 9.47 Å². The molecule has 2 fully saturated rings. The first-order valence-electron chi connectivity index (χ1n) is 11.2. The van der Waals surface area contributed by atoms with Crippen molar-refractivity contribution < 1.29 is 23.9 Å². The summed E-state index contributed by atoms with van der Waals surface area (Å²) >= 11 is 0. The Hall–Kier alpha value is -1.91. The van der Waals surface area contributed by atoms with Crippen LogP contribution >= 0.6 is 0 Å². The molecule has 1 unspecified atom stereocenters. The SMILES string of the molecule is C=C(C)C(=O)C(CCC)/C(=C/C(=O)OC1CCCCC1)C(=O)OC1CCCCC1. The molecule has 0 aromatic carbocycles. The Morgan fingerprint density at radius 3 is 1.93 bits per heavy atom. The van der Waals surface area contributed by atoms with Crippen molar-refractivity contribution in [1.29, 1.82) is 0 Å². The molecule has 2 saturated carbocycles. The molecule has 162 valence electrons. The molecule has 0 heterocycles. The highest BCUT2D eigenvalue weighted by Crippen LogP contribution is 2.27. The van der Waals surface area contributed by atoms with Crippen LogP contribution in [0.3, 0.4) is 0 Å². The van der Waals surface area contributed by atoms with E-state index in [0.717, 1.165) is 64.2 Å². The molecule has 5 nitrogen and oxygen atoms in total. The number of ether oxygens (including phenoxy) is 2. The average Bonchev–Trinajstić information content (AvgIpc) is 2.71. The van der Waals surface area contributed by atoms with E-state index < -0.39 is 17.9 Å². The molecule has 2 aliphatic carbocycles. The van der Waals surface area contributed by atoms with Crippen LogP contribution < -0.4 is 0 Å². The van der Waals surface area contributed by atoms with E-state index in [1.54, 1.807) is 6.92 Å². The third kappa shape index (κ3) is 7.45. The largest absolute Gasteiger partial charge is 0.459 e. The highest BCUT2D eigenvalue weighted by Gasteiger charge is 2.31. The first kappa shape index (κ1) is 23.4. The Balaban J connectivity index is 2.21. The fraction of sp³-hybridized carbons (Fsp3) is 0.708. The monoisotopic (exact) mass is 404 g/mol. The van der Waals surface area contributed by atoms with Crippen molar-refractivity contribution in [2.45, 2.75) is 103 Å². The number of esters is 2. The van der Waals surface area contributed by atoms with Crippen LogP contribution in [0.25, 0.3) is 0 Å². The zero-order valence-corrected chi connectivity index (χ0v) is 18.0. The normalized spacial score (nSPS) is 20.0. The molecule has 0 N–H and O–H groups in total. The first-order valence-corrected chi connectivity index (χ1v) is 11.2. The average molecular weight is 405 g/mol. The van der Waals surface area contributed by atoms with E-state index in [1.807, 2.05) is 6.92 Å². The van der Waals surface area contributed by atoms with Crippen molar-refractivity contribution in [3.8, 4) is 0 Å². The van der Waals surface area contributed by atoms with E-state index >= 15 is 0 Å². The number of hydrogen-bond donors (Lipinski definition) is 0. The zero-order valence-electron chi connectivity index (χ0n) is 18.0. The van der Waals surface area contributed by atoms with Crippen molar-refractivity contribution in [3.63, 3.8) is 0 Å². The van der Waals surface area contributed by atoms with Crippen molar-refractivity contribution in [3.05, 3.63) is 23.8 Å². The van der Waals surface area contributed by atoms with Gasteiger partial charge in [-0.1, -0.05) is 32.8 Å². The van der Waals surface area contributed by atoms with Gasteiger partial charge in [-0.15, -0.1) is 0 Å². The van der Waals surface area contributed by atoms with Crippen molar-refractivity contribution in [2.75, 3.05) is 0 Å². The minimum absolute atomic E-state index is 0.107. The lowest BCUT2D eigenvalue weighted by molar-refractivity contribution is -0.149. The summed E-state index contributed by atoms with van der Waals surface area (Å²) in [6.45, 7) is 7.33. The number of hydrogen-bond acceptors (Lipinski definition) is 5. The predicted octanol–water partition coefficient (Wildman–Crippen LogP) is 5.23. The molecule has 2 aliphatic rings. The smallest absolute Gasteiger partial charge is 0.335 e. The molecule has 0 aromatic rings. The van der Waals surface area contributed by atoms with Gasteiger partial charge in [-0.2, -0.15) is 0 Å². The van der Waals surface area contributed by atoms with E-state index in [1.165, 1.54) is 6.08 Å². The van der Waals surface area contributed by atoms with E-state index in [-0.39, 0.29) is 23.6 Å². The maximum absolute atomic E-state index is 13.0. The topological polar surface area (TPSA) is 69.7 Å². The van der Waals surface area contributed by atoms with Gasteiger partial charge in [-0.05, 0) is 70.3 Å². The minimum atomic E-state index is -0.715. The summed E-state index contributed by atoms with van der Waals surface area (Å²) in [6.07, 6.45) is 12.0. The van der Waals surface area contributed by atoms with E-state index in [0.29, 0.717) is 18.4 Å². The van der Waals surface area contributed by atoms with Gasteiger partial charge >= 0.3 is 11.9 Å². The Morgan fingerprint density at radius 1 is 0.931 bits per heavy atom. The summed E-state index contributed by atoms with van der Waals surface area (Å²) in [5.41, 5.74) is 0.492. The van der Waals surface area contributed by atoms with Crippen molar-refractivity contribution >= 4 is 17.7 Å². The maximum atomic E-state index is 13.0. The minimum Gasteiger partial charge on any atom is -0.459 e. The van der Waals surface area contributed by atoms with Gasteiger partial charge in [0.25, 0.3) is 0 Å². The fourth-order valence-electron chi connectivity index (χ4n) is 4.23. The van der Waals surface area contributed by atoms with E-state index in [9.17, 15) is 14.4 Å². The summed E-state index contributed by atoms with van der Waals surface area (Å²) in [5, 5.41) is 0. The van der Waals surface area contributed by atoms with Crippen LogP contribution in [0.4, 0.5) is 0 Å². The maximum Gasteiger partial charge on any atom is 0.335 e. The fourth-order valence-corrected chi connectivity index (χ4v) is 4.23.